The number of esters is 1. The molecule has 104 valence electrons. The van der Waals surface area contributed by atoms with E-state index in [1.165, 1.54) is 4.90 Å². The summed E-state index contributed by atoms with van der Waals surface area (Å²) in [7, 11) is 0. The molecule has 1 amide bonds. The molecular weight excluding hydrogens is 234 g/mol. The molecule has 0 radical (unpaired) electrons. The lowest BCUT2D eigenvalue weighted by atomic mass is 10.1. The highest BCUT2D eigenvalue weighted by molar-refractivity contribution is 5.82. The highest BCUT2D eigenvalue weighted by atomic mass is 16.5. The van der Waals surface area contributed by atoms with Crippen molar-refractivity contribution in [3.63, 3.8) is 0 Å². The molecule has 1 fully saturated rings. The van der Waals surface area contributed by atoms with Crippen LogP contribution in [0.1, 0.15) is 39.5 Å². The number of carbonyl (C=O) groups excluding carboxylic acids is 2. The maximum atomic E-state index is 12.0. The van der Waals surface area contributed by atoms with Crippen LogP contribution in [0.15, 0.2) is 0 Å². The molecule has 18 heavy (non-hydrogen) atoms. The first kappa shape index (κ1) is 15.0. The molecule has 1 atom stereocenters. The lowest BCUT2D eigenvalue weighted by Crippen LogP contribution is -2.38. The van der Waals surface area contributed by atoms with Gasteiger partial charge in [-0.15, -0.1) is 0 Å². The lowest BCUT2D eigenvalue weighted by Gasteiger charge is -2.25. The van der Waals surface area contributed by atoms with Gasteiger partial charge in [0, 0.05) is 13.2 Å². The summed E-state index contributed by atoms with van der Waals surface area (Å²) in [6.07, 6.45) is 3.51. The Balaban J connectivity index is 2.38. The summed E-state index contributed by atoms with van der Waals surface area (Å²) in [6.45, 7) is 5.25. The summed E-state index contributed by atoms with van der Waals surface area (Å²) in [5.41, 5.74) is 0. The molecule has 1 rings (SSSR count). The molecule has 0 aromatic rings. The fourth-order valence-corrected chi connectivity index (χ4v) is 2.03. The third-order valence-corrected chi connectivity index (χ3v) is 3.04. The third kappa shape index (κ3) is 5.04. The highest BCUT2D eigenvalue weighted by Crippen LogP contribution is 2.16. The van der Waals surface area contributed by atoms with Gasteiger partial charge in [-0.3, -0.25) is 9.59 Å². The van der Waals surface area contributed by atoms with Crippen LogP contribution in [0, 0.1) is 0 Å². The second kappa shape index (κ2) is 8.08. The van der Waals surface area contributed by atoms with Crippen LogP contribution in [0.25, 0.3) is 0 Å². The summed E-state index contributed by atoms with van der Waals surface area (Å²) in [5, 5.41) is 0. The Morgan fingerprint density at radius 1 is 1.33 bits per heavy atom. The molecule has 0 aromatic carbocycles. The molecular formula is C13H23NO4. The highest BCUT2D eigenvalue weighted by Gasteiger charge is 2.22. The number of likely N-dealkylation sites (N-methyl/N-ethyl adjacent to an activating group) is 1. The van der Waals surface area contributed by atoms with Gasteiger partial charge in [-0.25, -0.2) is 0 Å². The number of amides is 1. The van der Waals surface area contributed by atoms with Gasteiger partial charge in [0.15, 0.2) is 0 Å². The van der Waals surface area contributed by atoms with Crippen molar-refractivity contribution in [3.8, 4) is 0 Å². The zero-order valence-electron chi connectivity index (χ0n) is 11.3. The standard InChI is InChI=1S/C13H23NO4/c1-3-14(10-13(16)17-4-2)12(15)9-11-7-5-6-8-18-11/h11H,3-10H2,1-2H3. The van der Waals surface area contributed by atoms with Gasteiger partial charge in [0.1, 0.15) is 6.54 Å². The van der Waals surface area contributed by atoms with E-state index in [4.69, 9.17) is 9.47 Å². The zero-order chi connectivity index (χ0) is 13.4. The van der Waals surface area contributed by atoms with E-state index in [1.54, 1.807) is 6.92 Å². The second-order valence-electron chi connectivity index (χ2n) is 4.41. The average Bonchev–Trinajstić information content (AvgIpc) is 2.37. The van der Waals surface area contributed by atoms with Crippen LogP contribution >= 0.6 is 0 Å². The summed E-state index contributed by atoms with van der Waals surface area (Å²) < 4.78 is 10.4. The number of hydrogen-bond donors (Lipinski definition) is 0. The predicted octanol–water partition coefficient (Wildman–Crippen LogP) is 1.36. The molecule has 5 heteroatoms. The van der Waals surface area contributed by atoms with Crippen LogP contribution in [0.3, 0.4) is 0 Å². The van der Waals surface area contributed by atoms with Crippen LogP contribution in [0.2, 0.25) is 0 Å². The van der Waals surface area contributed by atoms with Crippen molar-refractivity contribution in [1.82, 2.24) is 4.90 Å². The first-order chi connectivity index (χ1) is 8.67. The van der Waals surface area contributed by atoms with Crippen molar-refractivity contribution < 1.29 is 19.1 Å². The van der Waals surface area contributed by atoms with E-state index in [1.807, 2.05) is 6.92 Å². The largest absolute Gasteiger partial charge is 0.465 e. The molecule has 1 unspecified atom stereocenters. The summed E-state index contributed by atoms with van der Waals surface area (Å²) in [5.74, 6) is -0.380. The molecule has 0 aromatic heterocycles. The van der Waals surface area contributed by atoms with E-state index in [0.29, 0.717) is 19.6 Å². The molecule has 1 saturated heterocycles. The minimum atomic E-state index is -0.350. The minimum Gasteiger partial charge on any atom is -0.465 e. The molecule has 0 saturated carbocycles. The fraction of sp³-hybridized carbons (Fsp3) is 0.846. The number of rotatable bonds is 6. The van der Waals surface area contributed by atoms with Crippen molar-refractivity contribution in [3.05, 3.63) is 0 Å². The van der Waals surface area contributed by atoms with Crippen LogP contribution in [0.5, 0.6) is 0 Å². The van der Waals surface area contributed by atoms with Crippen LogP contribution < -0.4 is 0 Å². The Morgan fingerprint density at radius 2 is 2.11 bits per heavy atom. The van der Waals surface area contributed by atoms with Gasteiger partial charge < -0.3 is 14.4 Å². The molecule has 1 heterocycles. The maximum Gasteiger partial charge on any atom is 0.325 e. The van der Waals surface area contributed by atoms with Crippen molar-refractivity contribution in [2.45, 2.75) is 45.6 Å². The van der Waals surface area contributed by atoms with E-state index in [0.717, 1.165) is 25.9 Å². The Kier molecular flexibility index (Phi) is 6.72. The van der Waals surface area contributed by atoms with Crippen LogP contribution in [0.4, 0.5) is 0 Å². The SMILES string of the molecule is CCOC(=O)CN(CC)C(=O)CC1CCCCO1. The topological polar surface area (TPSA) is 55.8 Å². The van der Waals surface area contributed by atoms with E-state index in [-0.39, 0.29) is 24.5 Å². The normalized spacial score (nSPS) is 19.3. The number of nitrogens with zero attached hydrogens (tertiary/aromatic N) is 1. The molecule has 0 bridgehead atoms. The van der Waals surface area contributed by atoms with Gasteiger partial charge in [0.2, 0.25) is 5.91 Å². The van der Waals surface area contributed by atoms with Crippen molar-refractivity contribution >= 4 is 11.9 Å². The minimum absolute atomic E-state index is 0.0162. The first-order valence-electron chi connectivity index (χ1n) is 6.72. The third-order valence-electron chi connectivity index (χ3n) is 3.04. The maximum absolute atomic E-state index is 12.0. The number of carbonyl (C=O) groups is 2. The van der Waals surface area contributed by atoms with E-state index in [2.05, 4.69) is 0 Å². The van der Waals surface area contributed by atoms with E-state index < -0.39 is 0 Å². The second-order valence-corrected chi connectivity index (χ2v) is 4.41. The Bertz CT molecular complexity index is 274. The van der Waals surface area contributed by atoms with E-state index in [9.17, 15) is 9.59 Å². The van der Waals surface area contributed by atoms with Gasteiger partial charge >= 0.3 is 5.97 Å². The summed E-state index contributed by atoms with van der Waals surface area (Å²) in [6, 6.07) is 0. The van der Waals surface area contributed by atoms with Gasteiger partial charge in [-0.1, -0.05) is 0 Å². The molecule has 1 aliphatic heterocycles. The van der Waals surface area contributed by atoms with Crippen molar-refractivity contribution in [2.75, 3.05) is 26.3 Å². The van der Waals surface area contributed by atoms with E-state index >= 15 is 0 Å². The summed E-state index contributed by atoms with van der Waals surface area (Å²) >= 11 is 0. The molecule has 0 spiro atoms. The number of ether oxygens (including phenoxy) is 2. The Labute approximate surface area is 108 Å². The summed E-state index contributed by atoms with van der Waals surface area (Å²) in [4.78, 5) is 24.9. The van der Waals surface area contributed by atoms with Crippen molar-refractivity contribution in [1.29, 1.82) is 0 Å². The van der Waals surface area contributed by atoms with Gasteiger partial charge in [-0.05, 0) is 33.1 Å². The van der Waals surface area contributed by atoms with Crippen LogP contribution in [-0.4, -0.2) is 49.2 Å². The lowest BCUT2D eigenvalue weighted by molar-refractivity contribution is -0.150. The molecule has 0 aliphatic carbocycles. The molecule has 0 N–H and O–H groups in total. The van der Waals surface area contributed by atoms with Crippen molar-refractivity contribution in [2.24, 2.45) is 0 Å². The Morgan fingerprint density at radius 3 is 2.67 bits per heavy atom. The average molecular weight is 257 g/mol. The first-order valence-corrected chi connectivity index (χ1v) is 6.72. The number of hydrogen-bond acceptors (Lipinski definition) is 4. The Hall–Kier alpha value is -1.10. The zero-order valence-corrected chi connectivity index (χ0v) is 11.3. The smallest absolute Gasteiger partial charge is 0.325 e. The molecule has 1 aliphatic rings. The monoisotopic (exact) mass is 257 g/mol. The van der Waals surface area contributed by atoms with Crippen LogP contribution in [-0.2, 0) is 19.1 Å². The molecule has 5 nitrogen and oxygen atoms in total. The fourth-order valence-electron chi connectivity index (χ4n) is 2.03. The van der Waals surface area contributed by atoms with Gasteiger partial charge in [-0.2, -0.15) is 0 Å². The van der Waals surface area contributed by atoms with Gasteiger partial charge in [0.05, 0.1) is 19.1 Å². The van der Waals surface area contributed by atoms with Gasteiger partial charge in [0.25, 0.3) is 0 Å². The quantitative estimate of drug-likeness (QED) is 0.674. The predicted molar refractivity (Wildman–Crippen MR) is 67.1 cm³/mol.